The molecule has 2 aromatic carbocycles. The largest absolute Gasteiger partial charge is 0.497 e. The number of methoxy groups -OCH3 is 3. The van der Waals surface area contributed by atoms with E-state index < -0.39 is 16.1 Å². The molecule has 0 saturated heterocycles. The maximum absolute atomic E-state index is 12.7. The van der Waals surface area contributed by atoms with Gasteiger partial charge in [-0.1, -0.05) is 12.1 Å². The molecule has 0 aromatic heterocycles. The minimum Gasteiger partial charge on any atom is -0.497 e. The first-order valence-electron chi connectivity index (χ1n) is 7.29. The van der Waals surface area contributed by atoms with Crippen molar-refractivity contribution in [2.45, 2.75) is 17.9 Å². The number of hydrogen-bond acceptors (Lipinski definition) is 5. The summed E-state index contributed by atoms with van der Waals surface area (Å²) >= 11 is 0. The van der Waals surface area contributed by atoms with Crippen LogP contribution in [0, 0.1) is 0 Å². The lowest BCUT2D eigenvalue weighted by Crippen LogP contribution is -2.27. The van der Waals surface area contributed by atoms with Gasteiger partial charge in [0.25, 0.3) is 0 Å². The smallest absolute Gasteiger partial charge is 0.244 e. The van der Waals surface area contributed by atoms with Gasteiger partial charge in [0.15, 0.2) is 0 Å². The molecule has 0 aliphatic carbocycles. The molecule has 0 aliphatic rings. The minimum absolute atomic E-state index is 0.0321. The molecule has 0 spiro atoms. The quantitative estimate of drug-likeness (QED) is 0.830. The minimum atomic E-state index is -3.78. The van der Waals surface area contributed by atoms with E-state index in [0.717, 1.165) is 5.56 Å². The zero-order valence-corrected chi connectivity index (χ0v) is 14.9. The molecule has 0 bridgehead atoms. The lowest BCUT2D eigenvalue weighted by Gasteiger charge is -2.17. The zero-order valence-electron chi connectivity index (χ0n) is 14.1. The van der Waals surface area contributed by atoms with Gasteiger partial charge in [-0.3, -0.25) is 0 Å². The van der Waals surface area contributed by atoms with Crippen molar-refractivity contribution in [3.8, 4) is 17.2 Å². The fraction of sp³-hybridized carbons (Fsp3) is 0.294. The Bertz CT molecular complexity index is 787. The van der Waals surface area contributed by atoms with Gasteiger partial charge in [0, 0.05) is 12.1 Å². The Hall–Kier alpha value is -2.25. The molecule has 2 rings (SSSR count). The van der Waals surface area contributed by atoms with Crippen molar-refractivity contribution in [2.24, 2.45) is 0 Å². The molecular weight excluding hydrogens is 330 g/mol. The second-order valence-electron chi connectivity index (χ2n) is 5.13. The zero-order chi connectivity index (χ0) is 17.7. The van der Waals surface area contributed by atoms with Crippen molar-refractivity contribution in [3.63, 3.8) is 0 Å². The fourth-order valence-corrected chi connectivity index (χ4v) is 3.67. The van der Waals surface area contributed by atoms with Gasteiger partial charge in [0.05, 0.1) is 21.3 Å². The Labute approximate surface area is 142 Å². The van der Waals surface area contributed by atoms with E-state index in [2.05, 4.69) is 4.72 Å². The maximum atomic E-state index is 12.7. The lowest BCUT2D eigenvalue weighted by atomic mass is 10.1. The van der Waals surface area contributed by atoms with E-state index in [9.17, 15) is 8.42 Å². The summed E-state index contributed by atoms with van der Waals surface area (Å²) in [7, 11) is 0.697. The van der Waals surface area contributed by atoms with Crippen molar-refractivity contribution in [1.29, 1.82) is 0 Å². The third-order valence-corrected chi connectivity index (χ3v) is 5.17. The Kier molecular flexibility index (Phi) is 5.69. The normalized spacial score (nSPS) is 12.5. The maximum Gasteiger partial charge on any atom is 0.244 e. The van der Waals surface area contributed by atoms with Crippen molar-refractivity contribution in [1.82, 2.24) is 4.72 Å². The monoisotopic (exact) mass is 351 g/mol. The number of nitrogens with one attached hydrogen (secondary N) is 1. The van der Waals surface area contributed by atoms with E-state index in [1.807, 2.05) is 12.1 Å². The highest BCUT2D eigenvalue weighted by Gasteiger charge is 2.23. The van der Waals surface area contributed by atoms with Gasteiger partial charge in [-0.2, -0.15) is 0 Å². The van der Waals surface area contributed by atoms with Gasteiger partial charge in [0.1, 0.15) is 22.1 Å². The predicted molar refractivity (Wildman–Crippen MR) is 91.3 cm³/mol. The molecule has 1 atom stereocenters. The molecule has 0 unspecified atom stereocenters. The Morgan fingerprint density at radius 3 is 2.00 bits per heavy atom. The number of hydrogen-bond donors (Lipinski definition) is 1. The summed E-state index contributed by atoms with van der Waals surface area (Å²) in [6.45, 7) is 1.77. The van der Waals surface area contributed by atoms with E-state index in [1.54, 1.807) is 38.3 Å². The number of sulfonamides is 1. The highest BCUT2D eigenvalue weighted by molar-refractivity contribution is 7.89. The number of benzene rings is 2. The van der Waals surface area contributed by atoms with Crippen LogP contribution in [0.1, 0.15) is 18.5 Å². The average molecular weight is 351 g/mol. The Morgan fingerprint density at radius 1 is 0.875 bits per heavy atom. The molecule has 0 saturated carbocycles. The fourth-order valence-electron chi connectivity index (χ4n) is 2.25. The molecule has 0 radical (unpaired) electrons. The third kappa shape index (κ3) is 3.98. The van der Waals surface area contributed by atoms with Crippen LogP contribution in [0.15, 0.2) is 47.4 Å². The van der Waals surface area contributed by atoms with Gasteiger partial charge < -0.3 is 14.2 Å². The van der Waals surface area contributed by atoms with Crippen molar-refractivity contribution in [2.75, 3.05) is 21.3 Å². The average Bonchev–Trinajstić information content (AvgIpc) is 2.60. The summed E-state index contributed by atoms with van der Waals surface area (Å²) < 4.78 is 43.4. The van der Waals surface area contributed by atoms with Gasteiger partial charge in [-0.05, 0) is 36.8 Å². The van der Waals surface area contributed by atoms with Crippen LogP contribution in [-0.2, 0) is 10.0 Å². The Balaban J connectivity index is 2.29. The van der Waals surface area contributed by atoms with Gasteiger partial charge >= 0.3 is 0 Å². The molecule has 6 nitrogen and oxygen atoms in total. The molecule has 2 aromatic rings. The second-order valence-corrected chi connectivity index (χ2v) is 6.82. The predicted octanol–water partition coefficient (Wildman–Crippen LogP) is 2.75. The summed E-state index contributed by atoms with van der Waals surface area (Å²) in [5, 5.41) is 0. The van der Waals surface area contributed by atoms with E-state index in [-0.39, 0.29) is 10.6 Å². The van der Waals surface area contributed by atoms with Crippen molar-refractivity contribution < 1.29 is 22.6 Å². The number of rotatable bonds is 7. The van der Waals surface area contributed by atoms with Crippen LogP contribution in [0.3, 0.4) is 0 Å². The van der Waals surface area contributed by atoms with Crippen molar-refractivity contribution >= 4 is 10.0 Å². The summed E-state index contributed by atoms with van der Waals surface area (Å²) in [5.74, 6) is 1.40. The molecule has 24 heavy (non-hydrogen) atoms. The highest BCUT2D eigenvalue weighted by Crippen LogP contribution is 2.29. The molecular formula is C17H21NO5S. The Morgan fingerprint density at radius 2 is 1.46 bits per heavy atom. The van der Waals surface area contributed by atoms with E-state index in [0.29, 0.717) is 11.5 Å². The van der Waals surface area contributed by atoms with Gasteiger partial charge in [-0.15, -0.1) is 0 Å². The van der Waals surface area contributed by atoms with E-state index in [4.69, 9.17) is 14.2 Å². The van der Waals surface area contributed by atoms with Crippen LogP contribution >= 0.6 is 0 Å². The number of ether oxygens (including phenoxy) is 3. The summed E-state index contributed by atoms with van der Waals surface area (Å²) in [5.41, 5.74) is 0.821. The molecule has 0 aliphatic heterocycles. The third-order valence-electron chi connectivity index (χ3n) is 3.61. The topological polar surface area (TPSA) is 73.9 Å². The summed E-state index contributed by atoms with van der Waals surface area (Å²) in [4.78, 5) is 0.0321. The SMILES string of the molecule is COc1ccc([C@@H](C)NS(=O)(=O)c2cc(OC)ccc2OC)cc1. The van der Waals surface area contributed by atoms with Crippen LogP contribution in [0.5, 0.6) is 17.2 Å². The lowest BCUT2D eigenvalue weighted by molar-refractivity contribution is 0.391. The molecule has 0 amide bonds. The first-order chi connectivity index (χ1) is 11.4. The first kappa shape index (κ1) is 18.1. The van der Waals surface area contributed by atoms with Crippen LogP contribution in [-0.4, -0.2) is 29.7 Å². The molecule has 7 heteroatoms. The van der Waals surface area contributed by atoms with Crippen molar-refractivity contribution in [3.05, 3.63) is 48.0 Å². The van der Waals surface area contributed by atoms with Crippen LogP contribution < -0.4 is 18.9 Å². The molecule has 0 heterocycles. The van der Waals surface area contributed by atoms with Gasteiger partial charge in [0.2, 0.25) is 10.0 Å². The van der Waals surface area contributed by atoms with Crippen LogP contribution in [0.4, 0.5) is 0 Å². The molecule has 130 valence electrons. The van der Waals surface area contributed by atoms with Crippen LogP contribution in [0.2, 0.25) is 0 Å². The molecule has 0 fully saturated rings. The summed E-state index contributed by atoms with van der Waals surface area (Å²) in [6.07, 6.45) is 0. The van der Waals surface area contributed by atoms with Gasteiger partial charge in [-0.25, -0.2) is 13.1 Å². The van der Waals surface area contributed by atoms with E-state index in [1.165, 1.54) is 20.3 Å². The van der Waals surface area contributed by atoms with Crippen LogP contribution in [0.25, 0.3) is 0 Å². The highest BCUT2D eigenvalue weighted by atomic mass is 32.2. The second kappa shape index (κ2) is 7.55. The standard InChI is InChI=1S/C17H21NO5S/c1-12(13-5-7-14(21-2)8-6-13)18-24(19,20)17-11-15(22-3)9-10-16(17)23-4/h5-12,18H,1-4H3/t12-/m1/s1. The summed E-state index contributed by atoms with van der Waals surface area (Å²) in [6, 6.07) is 11.4. The first-order valence-corrected chi connectivity index (χ1v) is 8.78. The molecule has 1 N–H and O–H groups in total. The van der Waals surface area contributed by atoms with E-state index >= 15 is 0 Å².